The Morgan fingerprint density at radius 3 is 2.43 bits per heavy atom. The summed E-state index contributed by atoms with van der Waals surface area (Å²) >= 11 is 0. The van der Waals surface area contributed by atoms with E-state index in [2.05, 4.69) is 70.5 Å². The lowest BCUT2D eigenvalue weighted by atomic mass is 9.91. The number of hydrogen-bond donors (Lipinski definition) is 3. The van der Waals surface area contributed by atoms with Crippen LogP contribution in [0.4, 0.5) is 23.0 Å². The topological polar surface area (TPSA) is 133 Å². The first-order chi connectivity index (χ1) is 22.4. The largest absolute Gasteiger partial charge is 0.373 e. The molecule has 1 fully saturated rings. The van der Waals surface area contributed by atoms with Crippen molar-refractivity contribution in [3.8, 4) is 5.82 Å². The molecule has 1 saturated heterocycles. The molecule has 4 heterocycles. The maximum atomic E-state index is 14.1. The lowest BCUT2D eigenvalue weighted by molar-refractivity contribution is -0.0764. The quantitative estimate of drug-likeness (QED) is 0.192. The molecule has 0 radical (unpaired) electrons. The molecule has 3 aromatic heterocycles. The molecule has 0 spiro atoms. The Hall–Kier alpha value is -4.84. The van der Waals surface area contributed by atoms with Crippen molar-refractivity contribution in [3.63, 3.8) is 0 Å². The zero-order valence-corrected chi connectivity index (χ0v) is 28.6. The van der Waals surface area contributed by atoms with E-state index in [9.17, 15) is 9.59 Å². The van der Waals surface area contributed by atoms with E-state index < -0.39 is 0 Å². The van der Waals surface area contributed by atoms with Crippen LogP contribution in [0.25, 0.3) is 5.82 Å². The van der Waals surface area contributed by atoms with E-state index in [1.165, 1.54) is 6.33 Å². The Morgan fingerprint density at radius 2 is 1.74 bits per heavy atom. The van der Waals surface area contributed by atoms with E-state index in [1.54, 1.807) is 36.1 Å². The van der Waals surface area contributed by atoms with Crippen LogP contribution in [0.15, 0.2) is 55.0 Å². The molecule has 0 bridgehead atoms. The van der Waals surface area contributed by atoms with Gasteiger partial charge in [0.05, 0.1) is 0 Å². The van der Waals surface area contributed by atoms with E-state index in [1.807, 2.05) is 43.1 Å². The van der Waals surface area contributed by atoms with Crippen LogP contribution in [0.1, 0.15) is 92.9 Å². The van der Waals surface area contributed by atoms with E-state index in [-0.39, 0.29) is 29.3 Å². The summed E-state index contributed by atoms with van der Waals surface area (Å²) < 4.78 is 1.61. The lowest BCUT2D eigenvalue weighted by Crippen LogP contribution is -2.56. The summed E-state index contributed by atoms with van der Waals surface area (Å²) in [4.78, 5) is 40.5. The molecule has 2 atom stereocenters. The van der Waals surface area contributed by atoms with E-state index in [4.69, 9.17) is 5.10 Å². The van der Waals surface area contributed by atoms with Gasteiger partial charge in [-0.2, -0.15) is 9.78 Å². The number of aryl methyl sites for hydroxylation is 1. The molecule has 12 nitrogen and oxygen atoms in total. The Balaban J connectivity index is 1.48. The first kappa shape index (κ1) is 33.5. The van der Waals surface area contributed by atoms with Gasteiger partial charge in [0, 0.05) is 72.1 Å². The second-order valence-electron chi connectivity index (χ2n) is 13.2. The third-order valence-electron chi connectivity index (χ3n) is 8.56. The summed E-state index contributed by atoms with van der Waals surface area (Å²) in [6.45, 7) is 15.0. The Kier molecular flexibility index (Phi) is 9.90. The highest BCUT2D eigenvalue weighted by molar-refractivity contribution is 6.04. The number of nitrogens with zero attached hydrogens (tertiary/aromatic N) is 7. The SMILES string of the molecule is CCN(C(=O)c1cc(Nc2cc(NC(=O)c3ccnc(C(C)(C)C)c3)ccc2C)n(-c2cc(NC)ncn2)n1)N1C(C)CCCC1C. The predicted octanol–water partition coefficient (Wildman–Crippen LogP) is 6.34. The molecule has 5 rings (SSSR count). The number of pyridine rings is 1. The smallest absolute Gasteiger partial charge is 0.288 e. The fourth-order valence-electron chi connectivity index (χ4n) is 5.93. The minimum atomic E-state index is -0.230. The van der Waals surface area contributed by atoms with Crippen LogP contribution in [0.5, 0.6) is 0 Å². The molecule has 1 aliphatic heterocycles. The molecule has 0 aliphatic carbocycles. The standard InChI is InChI=1S/C35H46N10O2/c1-9-43(45-23(3)11-10-12-24(45)4)34(47)28-19-32(44(42-28)31-20-30(36-8)38-21-39-31)41-27-18-26(14-13-22(27)2)40-33(46)25-15-16-37-29(17-25)35(5,6)7/h13-21,23-24,41H,9-12H2,1-8H3,(H,40,46)(H,36,38,39). The van der Waals surface area contributed by atoms with Crippen molar-refractivity contribution in [2.24, 2.45) is 0 Å². The monoisotopic (exact) mass is 638 g/mol. The number of amides is 2. The number of benzene rings is 1. The minimum Gasteiger partial charge on any atom is -0.373 e. The zero-order chi connectivity index (χ0) is 33.9. The number of carbonyl (C=O) groups is 2. The number of anilines is 4. The maximum absolute atomic E-state index is 14.1. The van der Waals surface area contributed by atoms with Crippen LogP contribution in [-0.4, -0.2) is 72.2 Å². The molecule has 4 aromatic rings. The van der Waals surface area contributed by atoms with Crippen molar-refractivity contribution >= 4 is 34.8 Å². The average Bonchev–Trinajstić information content (AvgIpc) is 3.47. The Labute approximate surface area is 277 Å². The second kappa shape index (κ2) is 13.9. The zero-order valence-electron chi connectivity index (χ0n) is 28.6. The molecule has 2 unspecified atom stereocenters. The van der Waals surface area contributed by atoms with Gasteiger partial charge in [-0.3, -0.25) is 19.6 Å². The third-order valence-corrected chi connectivity index (χ3v) is 8.56. The maximum Gasteiger partial charge on any atom is 0.288 e. The molecular weight excluding hydrogens is 592 g/mol. The highest BCUT2D eigenvalue weighted by atomic mass is 16.2. The highest BCUT2D eigenvalue weighted by Crippen LogP contribution is 2.30. The third kappa shape index (κ3) is 7.43. The second-order valence-corrected chi connectivity index (χ2v) is 13.2. The van der Waals surface area contributed by atoms with Crippen molar-refractivity contribution in [2.75, 3.05) is 29.5 Å². The van der Waals surface area contributed by atoms with Gasteiger partial charge >= 0.3 is 0 Å². The van der Waals surface area contributed by atoms with Crippen LogP contribution >= 0.6 is 0 Å². The molecule has 248 valence electrons. The summed E-state index contributed by atoms with van der Waals surface area (Å²) in [5, 5.41) is 18.3. The van der Waals surface area contributed by atoms with Crippen molar-refractivity contribution < 1.29 is 9.59 Å². The summed E-state index contributed by atoms with van der Waals surface area (Å²) in [6.07, 6.45) is 6.34. The summed E-state index contributed by atoms with van der Waals surface area (Å²) in [7, 11) is 1.78. The van der Waals surface area contributed by atoms with Gasteiger partial charge in [-0.15, -0.1) is 0 Å². The van der Waals surface area contributed by atoms with Crippen molar-refractivity contribution in [2.45, 2.75) is 85.2 Å². The lowest BCUT2D eigenvalue weighted by Gasteiger charge is -2.45. The molecule has 2 amide bonds. The van der Waals surface area contributed by atoms with E-state index in [0.29, 0.717) is 40.9 Å². The van der Waals surface area contributed by atoms with Crippen molar-refractivity contribution in [3.05, 3.63) is 77.5 Å². The summed E-state index contributed by atoms with van der Waals surface area (Å²) in [6, 6.07) is 13.2. The van der Waals surface area contributed by atoms with Crippen LogP contribution in [0, 0.1) is 6.92 Å². The number of carbonyl (C=O) groups excluding carboxylic acids is 2. The minimum absolute atomic E-state index is 0.178. The fraction of sp³-hybridized carbons (Fsp3) is 0.429. The van der Waals surface area contributed by atoms with Gasteiger partial charge in [0.15, 0.2) is 11.5 Å². The number of nitrogens with one attached hydrogen (secondary N) is 3. The summed E-state index contributed by atoms with van der Waals surface area (Å²) in [5.41, 5.74) is 3.77. The molecule has 1 aliphatic rings. The van der Waals surface area contributed by atoms with Crippen molar-refractivity contribution in [1.29, 1.82) is 0 Å². The average molecular weight is 639 g/mol. The van der Waals surface area contributed by atoms with Gasteiger partial charge in [0.1, 0.15) is 18.0 Å². The van der Waals surface area contributed by atoms with Gasteiger partial charge in [0.2, 0.25) is 0 Å². The van der Waals surface area contributed by atoms with Gasteiger partial charge in [0.25, 0.3) is 11.8 Å². The summed E-state index contributed by atoms with van der Waals surface area (Å²) in [5.74, 6) is 1.24. The first-order valence-electron chi connectivity index (χ1n) is 16.3. The molecule has 12 heteroatoms. The predicted molar refractivity (Wildman–Crippen MR) is 185 cm³/mol. The normalized spacial score (nSPS) is 16.9. The van der Waals surface area contributed by atoms with Crippen LogP contribution in [0.3, 0.4) is 0 Å². The molecular formula is C35H46N10O2. The van der Waals surface area contributed by atoms with Crippen molar-refractivity contribution in [1.82, 2.24) is 34.8 Å². The molecule has 0 saturated carbocycles. The van der Waals surface area contributed by atoms with Crippen LogP contribution < -0.4 is 16.0 Å². The Bertz CT molecular complexity index is 1730. The van der Waals surface area contributed by atoms with Gasteiger partial charge < -0.3 is 16.0 Å². The first-order valence-corrected chi connectivity index (χ1v) is 16.3. The number of hydrazine groups is 1. The number of hydrogen-bond acceptors (Lipinski definition) is 9. The van der Waals surface area contributed by atoms with Gasteiger partial charge in [-0.25, -0.2) is 15.0 Å². The number of aromatic nitrogens is 5. The molecule has 1 aromatic carbocycles. The highest BCUT2D eigenvalue weighted by Gasteiger charge is 2.33. The van der Waals surface area contributed by atoms with Gasteiger partial charge in [-0.1, -0.05) is 33.3 Å². The van der Waals surface area contributed by atoms with Crippen LogP contribution in [-0.2, 0) is 5.41 Å². The van der Waals surface area contributed by atoms with Crippen LogP contribution in [0.2, 0.25) is 0 Å². The number of rotatable bonds is 9. The fourth-order valence-corrected chi connectivity index (χ4v) is 5.93. The van der Waals surface area contributed by atoms with E-state index >= 15 is 0 Å². The Morgan fingerprint density at radius 1 is 1.00 bits per heavy atom. The number of piperidine rings is 1. The molecule has 47 heavy (non-hydrogen) atoms. The molecule has 3 N–H and O–H groups in total. The van der Waals surface area contributed by atoms with Gasteiger partial charge in [-0.05, 0) is 70.4 Å². The van der Waals surface area contributed by atoms with E-state index in [0.717, 1.165) is 36.2 Å².